The minimum Gasteiger partial charge on any atom is -0.355 e. The van der Waals surface area contributed by atoms with Crippen molar-refractivity contribution in [1.82, 2.24) is 4.98 Å². The summed E-state index contributed by atoms with van der Waals surface area (Å²) in [6, 6.07) is 15.3. The monoisotopic (exact) mass is 335 g/mol. The Balaban J connectivity index is 1.77. The molecule has 0 aliphatic heterocycles. The highest BCUT2D eigenvalue weighted by Crippen LogP contribution is 2.20. The third-order valence-corrected chi connectivity index (χ3v) is 3.74. The third kappa shape index (κ3) is 4.20. The second kappa shape index (κ2) is 7.13. The maximum absolute atomic E-state index is 13.3. The number of amides is 1. The number of hydrogen-bond acceptors (Lipinski definition) is 3. The van der Waals surface area contributed by atoms with Crippen molar-refractivity contribution in [2.45, 2.75) is 13.8 Å². The predicted octanol–water partition coefficient (Wildman–Crippen LogP) is 4.83. The molecule has 0 spiro atoms. The molecule has 0 bridgehead atoms. The van der Waals surface area contributed by atoms with Gasteiger partial charge < -0.3 is 10.6 Å². The zero-order chi connectivity index (χ0) is 17.8. The quantitative estimate of drug-likeness (QED) is 0.718. The molecule has 2 N–H and O–H groups in total. The van der Waals surface area contributed by atoms with Gasteiger partial charge in [0.2, 0.25) is 0 Å². The number of nitrogens with one attached hydrogen (secondary N) is 2. The summed E-state index contributed by atoms with van der Waals surface area (Å²) in [5.74, 6) is -0.623. The molecule has 0 aliphatic rings. The number of aromatic nitrogens is 1. The Morgan fingerprint density at radius 2 is 1.80 bits per heavy atom. The van der Waals surface area contributed by atoms with Gasteiger partial charge in [-0.1, -0.05) is 23.8 Å². The van der Waals surface area contributed by atoms with E-state index >= 15 is 0 Å². The summed E-state index contributed by atoms with van der Waals surface area (Å²) >= 11 is 0. The number of carbonyl (C=O) groups is 1. The summed E-state index contributed by atoms with van der Waals surface area (Å²) in [6.45, 7) is 3.94. The molecular weight excluding hydrogens is 317 g/mol. The van der Waals surface area contributed by atoms with Crippen molar-refractivity contribution in [3.8, 4) is 0 Å². The molecule has 4 nitrogen and oxygen atoms in total. The second-order valence-electron chi connectivity index (χ2n) is 5.84. The van der Waals surface area contributed by atoms with Gasteiger partial charge in [-0.25, -0.2) is 4.39 Å². The van der Waals surface area contributed by atoms with E-state index < -0.39 is 0 Å². The summed E-state index contributed by atoms with van der Waals surface area (Å²) in [5, 5.41) is 5.93. The standard InChI is InChI=1S/C20H18FN3O/c1-13-6-7-18(14(2)10-13)24-20(25)19-12-17(8-9-22-19)23-16-5-3-4-15(21)11-16/h3-12H,1-2H3,(H,22,23)(H,24,25). The number of anilines is 3. The second-order valence-corrected chi connectivity index (χ2v) is 5.84. The summed E-state index contributed by atoms with van der Waals surface area (Å²) in [6.07, 6.45) is 1.54. The first kappa shape index (κ1) is 16.6. The van der Waals surface area contributed by atoms with Gasteiger partial charge in [-0.3, -0.25) is 9.78 Å². The van der Waals surface area contributed by atoms with Crippen LogP contribution < -0.4 is 10.6 Å². The number of rotatable bonds is 4. The van der Waals surface area contributed by atoms with Crippen LogP contribution in [0, 0.1) is 19.7 Å². The predicted molar refractivity (Wildman–Crippen MR) is 97.8 cm³/mol. The summed E-state index contributed by atoms with van der Waals surface area (Å²) in [7, 11) is 0. The van der Waals surface area contributed by atoms with Crippen molar-refractivity contribution in [3.63, 3.8) is 0 Å². The molecule has 5 heteroatoms. The SMILES string of the molecule is Cc1ccc(NC(=O)c2cc(Nc3cccc(F)c3)ccn2)c(C)c1. The number of hydrogen-bond donors (Lipinski definition) is 2. The number of benzene rings is 2. The van der Waals surface area contributed by atoms with Crippen molar-refractivity contribution in [1.29, 1.82) is 0 Å². The molecule has 2 aromatic carbocycles. The molecule has 1 amide bonds. The molecule has 0 fully saturated rings. The highest BCUT2D eigenvalue weighted by molar-refractivity contribution is 6.03. The lowest BCUT2D eigenvalue weighted by atomic mass is 10.1. The zero-order valence-electron chi connectivity index (χ0n) is 14.0. The van der Waals surface area contributed by atoms with Crippen LogP contribution >= 0.6 is 0 Å². The topological polar surface area (TPSA) is 54.0 Å². The Labute approximate surface area is 145 Å². The van der Waals surface area contributed by atoms with E-state index in [0.717, 1.165) is 16.8 Å². The fraction of sp³-hybridized carbons (Fsp3) is 0.100. The van der Waals surface area contributed by atoms with E-state index in [1.54, 1.807) is 30.5 Å². The fourth-order valence-electron chi connectivity index (χ4n) is 2.51. The average molecular weight is 335 g/mol. The van der Waals surface area contributed by atoms with Crippen molar-refractivity contribution >= 4 is 23.0 Å². The van der Waals surface area contributed by atoms with E-state index in [1.165, 1.54) is 12.1 Å². The molecule has 25 heavy (non-hydrogen) atoms. The van der Waals surface area contributed by atoms with E-state index in [1.807, 2.05) is 32.0 Å². The number of pyridine rings is 1. The molecule has 0 radical (unpaired) electrons. The van der Waals surface area contributed by atoms with Crippen LogP contribution in [-0.4, -0.2) is 10.9 Å². The van der Waals surface area contributed by atoms with Gasteiger partial charge in [0.15, 0.2) is 0 Å². The molecule has 1 aromatic heterocycles. The molecule has 0 saturated carbocycles. The zero-order valence-corrected chi connectivity index (χ0v) is 14.0. The molecular formula is C20H18FN3O. The number of nitrogens with zero attached hydrogens (tertiary/aromatic N) is 1. The Kier molecular flexibility index (Phi) is 4.75. The van der Waals surface area contributed by atoms with Crippen LogP contribution in [0.1, 0.15) is 21.6 Å². The lowest BCUT2D eigenvalue weighted by Gasteiger charge is -2.10. The molecule has 0 aliphatic carbocycles. The molecule has 0 saturated heterocycles. The first-order chi connectivity index (χ1) is 12.0. The van der Waals surface area contributed by atoms with Gasteiger partial charge in [0.1, 0.15) is 11.5 Å². The van der Waals surface area contributed by atoms with Gasteiger partial charge in [-0.15, -0.1) is 0 Å². The number of halogens is 1. The summed E-state index contributed by atoms with van der Waals surface area (Å²) in [4.78, 5) is 16.6. The van der Waals surface area contributed by atoms with Crippen LogP contribution in [0.3, 0.4) is 0 Å². The van der Waals surface area contributed by atoms with E-state index in [2.05, 4.69) is 15.6 Å². The lowest BCUT2D eigenvalue weighted by Crippen LogP contribution is -2.14. The maximum Gasteiger partial charge on any atom is 0.274 e. The van der Waals surface area contributed by atoms with E-state index in [9.17, 15) is 9.18 Å². The lowest BCUT2D eigenvalue weighted by molar-refractivity contribution is 0.102. The van der Waals surface area contributed by atoms with Gasteiger partial charge in [0.05, 0.1) is 0 Å². The smallest absolute Gasteiger partial charge is 0.274 e. The van der Waals surface area contributed by atoms with E-state index in [0.29, 0.717) is 11.4 Å². The Hall–Kier alpha value is -3.21. The van der Waals surface area contributed by atoms with Crippen LogP contribution in [0.5, 0.6) is 0 Å². The van der Waals surface area contributed by atoms with Crippen LogP contribution in [0.4, 0.5) is 21.5 Å². The molecule has 0 atom stereocenters. The molecule has 1 heterocycles. The fourth-order valence-corrected chi connectivity index (χ4v) is 2.51. The third-order valence-electron chi connectivity index (χ3n) is 3.74. The Morgan fingerprint density at radius 3 is 2.56 bits per heavy atom. The summed E-state index contributed by atoms with van der Waals surface area (Å²) < 4.78 is 13.3. The molecule has 126 valence electrons. The van der Waals surface area contributed by atoms with Crippen LogP contribution in [0.25, 0.3) is 0 Å². The first-order valence-electron chi connectivity index (χ1n) is 7.88. The molecule has 3 rings (SSSR count). The number of aryl methyl sites for hydroxylation is 2. The first-order valence-corrected chi connectivity index (χ1v) is 7.88. The van der Waals surface area contributed by atoms with Crippen LogP contribution in [0.15, 0.2) is 60.8 Å². The summed E-state index contributed by atoms with van der Waals surface area (Å²) in [5.41, 5.74) is 4.41. The minimum atomic E-state index is -0.327. The normalized spacial score (nSPS) is 10.4. The molecule has 3 aromatic rings. The van der Waals surface area contributed by atoms with Crippen LogP contribution in [-0.2, 0) is 0 Å². The van der Waals surface area contributed by atoms with Crippen molar-refractivity contribution < 1.29 is 9.18 Å². The largest absolute Gasteiger partial charge is 0.355 e. The van der Waals surface area contributed by atoms with Gasteiger partial charge in [-0.05, 0) is 55.8 Å². The Morgan fingerprint density at radius 1 is 1.00 bits per heavy atom. The highest BCUT2D eigenvalue weighted by Gasteiger charge is 2.10. The van der Waals surface area contributed by atoms with Gasteiger partial charge in [-0.2, -0.15) is 0 Å². The van der Waals surface area contributed by atoms with Crippen molar-refractivity contribution in [2.75, 3.05) is 10.6 Å². The van der Waals surface area contributed by atoms with Gasteiger partial charge in [0, 0.05) is 23.3 Å². The van der Waals surface area contributed by atoms with Gasteiger partial charge in [0.25, 0.3) is 5.91 Å². The van der Waals surface area contributed by atoms with E-state index in [4.69, 9.17) is 0 Å². The Bertz CT molecular complexity index is 924. The van der Waals surface area contributed by atoms with Crippen molar-refractivity contribution in [2.24, 2.45) is 0 Å². The van der Waals surface area contributed by atoms with Crippen LogP contribution in [0.2, 0.25) is 0 Å². The number of carbonyl (C=O) groups excluding carboxylic acids is 1. The van der Waals surface area contributed by atoms with Gasteiger partial charge >= 0.3 is 0 Å². The minimum absolute atomic E-state index is 0.279. The molecule has 0 unspecified atom stereocenters. The average Bonchev–Trinajstić information content (AvgIpc) is 2.57. The van der Waals surface area contributed by atoms with E-state index in [-0.39, 0.29) is 17.4 Å². The van der Waals surface area contributed by atoms with Crippen molar-refractivity contribution in [3.05, 3.63) is 83.4 Å². The maximum atomic E-state index is 13.3. The highest BCUT2D eigenvalue weighted by atomic mass is 19.1.